The third-order valence-corrected chi connectivity index (χ3v) is 6.67. The van der Waals surface area contributed by atoms with Gasteiger partial charge < -0.3 is 9.80 Å². The number of carbonyl (C=O) groups is 1. The van der Waals surface area contributed by atoms with E-state index in [2.05, 4.69) is 0 Å². The maximum Gasteiger partial charge on any atom is 0.320 e. The Bertz CT molecular complexity index is 707. The average Bonchev–Trinajstić information content (AvgIpc) is 3.08. The number of halogens is 2. The molecular weight excluding hydrogens is 373 g/mol. The van der Waals surface area contributed by atoms with Gasteiger partial charge in [0.2, 0.25) is 10.0 Å². The van der Waals surface area contributed by atoms with Crippen molar-refractivity contribution in [2.45, 2.75) is 17.7 Å². The molecule has 2 aliphatic heterocycles. The number of urea groups is 1. The molecule has 0 aliphatic carbocycles. The Morgan fingerprint density at radius 2 is 1.33 bits per heavy atom. The fourth-order valence-corrected chi connectivity index (χ4v) is 5.20. The molecule has 1 aromatic rings. The number of nitrogens with zero attached hydrogens (tertiary/aromatic N) is 3. The predicted octanol–water partition coefficient (Wildman–Crippen LogP) is 2.52. The van der Waals surface area contributed by atoms with E-state index in [1.54, 1.807) is 4.90 Å². The topological polar surface area (TPSA) is 60.9 Å². The van der Waals surface area contributed by atoms with E-state index in [4.69, 9.17) is 23.2 Å². The molecule has 2 saturated heterocycles. The molecule has 0 atom stereocenters. The monoisotopic (exact) mass is 391 g/mol. The van der Waals surface area contributed by atoms with Crippen LogP contribution in [0.3, 0.4) is 0 Å². The van der Waals surface area contributed by atoms with Crippen molar-refractivity contribution in [2.75, 3.05) is 39.3 Å². The molecule has 0 spiro atoms. The summed E-state index contributed by atoms with van der Waals surface area (Å²) in [5.41, 5.74) is 0. The minimum absolute atomic E-state index is 0.00958. The lowest BCUT2D eigenvalue weighted by atomic mass is 10.4. The SMILES string of the molecule is O=C(N1CCCC1)N1CCN(S(=O)(=O)c2cc(Cl)cc(Cl)c2)CC1. The minimum Gasteiger partial charge on any atom is -0.325 e. The molecule has 2 heterocycles. The molecule has 132 valence electrons. The first-order valence-electron chi connectivity index (χ1n) is 7.88. The van der Waals surface area contributed by atoms with Crippen LogP contribution in [0.15, 0.2) is 23.1 Å². The van der Waals surface area contributed by atoms with Crippen molar-refractivity contribution >= 4 is 39.3 Å². The van der Waals surface area contributed by atoms with Crippen LogP contribution in [0, 0.1) is 0 Å². The number of rotatable bonds is 2. The number of piperazine rings is 1. The molecular formula is C15H19Cl2N3O3S. The Morgan fingerprint density at radius 1 is 0.833 bits per heavy atom. The zero-order chi connectivity index (χ0) is 17.3. The van der Waals surface area contributed by atoms with E-state index in [1.165, 1.54) is 22.5 Å². The highest BCUT2D eigenvalue weighted by molar-refractivity contribution is 7.89. The van der Waals surface area contributed by atoms with Gasteiger partial charge in [-0.15, -0.1) is 0 Å². The summed E-state index contributed by atoms with van der Waals surface area (Å²) in [4.78, 5) is 16.0. The predicted molar refractivity (Wildman–Crippen MR) is 93.0 cm³/mol. The quantitative estimate of drug-likeness (QED) is 0.777. The van der Waals surface area contributed by atoms with E-state index in [9.17, 15) is 13.2 Å². The van der Waals surface area contributed by atoms with Crippen molar-refractivity contribution in [3.05, 3.63) is 28.2 Å². The Morgan fingerprint density at radius 3 is 1.88 bits per heavy atom. The molecule has 2 amide bonds. The molecule has 24 heavy (non-hydrogen) atoms. The number of benzene rings is 1. The number of amides is 2. The van der Waals surface area contributed by atoms with Crippen LogP contribution in [0.25, 0.3) is 0 Å². The van der Waals surface area contributed by atoms with E-state index >= 15 is 0 Å². The van der Waals surface area contributed by atoms with Gasteiger partial charge in [-0.25, -0.2) is 13.2 Å². The molecule has 9 heteroatoms. The molecule has 3 rings (SSSR count). The summed E-state index contributed by atoms with van der Waals surface area (Å²) in [7, 11) is -3.66. The van der Waals surface area contributed by atoms with Crippen molar-refractivity contribution < 1.29 is 13.2 Å². The lowest BCUT2D eigenvalue weighted by Crippen LogP contribution is -2.53. The highest BCUT2D eigenvalue weighted by Gasteiger charge is 2.32. The fraction of sp³-hybridized carbons (Fsp3) is 0.533. The van der Waals surface area contributed by atoms with Crippen molar-refractivity contribution in [2.24, 2.45) is 0 Å². The smallest absolute Gasteiger partial charge is 0.320 e. The Balaban J connectivity index is 1.68. The molecule has 0 unspecified atom stereocenters. The second-order valence-electron chi connectivity index (χ2n) is 5.97. The molecule has 0 bridgehead atoms. The van der Waals surface area contributed by atoms with Gasteiger partial charge >= 0.3 is 6.03 Å². The zero-order valence-corrected chi connectivity index (χ0v) is 15.4. The molecule has 2 fully saturated rings. The molecule has 0 radical (unpaired) electrons. The van der Waals surface area contributed by atoms with Gasteiger partial charge in [-0.1, -0.05) is 23.2 Å². The fourth-order valence-electron chi connectivity index (χ4n) is 3.05. The van der Waals surface area contributed by atoms with Crippen molar-refractivity contribution in [1.29, 1.82) is 0 Å². The Hall–Kier alpha value is -1.02. The van der Waals surface area contributed by atoms with Crippen LogP contribution in [-0.2, 0) is 10.0 Å². The summed E-state index contributed by atoms with van der Waals surface area (Å²) in [5, 5.41) is 0.563. The van der Waals surface area contributed by atoms with Gasteiger partial charge in [0, 0.05) is 49.3 Å². The summed E-state index contributed by atoms with van der Waals surface area (Å²) in [5.74, 6) is 0. The van der Waals surface area contributed by atoms with Crippen LogP contribution in [0.2, 0.25) is 10.0 Å². The van der Waals surface area contributed by atoms with Gasteiger partial charge in [-0.05, 0) is 31.0 Å². The highest BCUT2D eigenvalue weighted by atomic mass is 35.5. The number of sulfonamides is 1. The summed E-state index contributed by atoms with van der Waals surface area (Å²) in [6.07, 6.45) is 2.07. The van der Waals surface area contributed by atoms with Crippen LogP contribution in [-0.4, -0.2) is 67.8 Å². The maximum absolute atomic E-state index is 12.7. The van der Waals surface area contributed by atoms with E-state index in [0.717, 1.165) is 25.9 Å². The van der Waals surface area contributed by atoms with Gasteiger partial charge in [0.15, 0.2) is 0 Å². The second kappa shape index (κ2) is 7.07. The third-order valence-electron chi connectivity index (χ3n) is 4.36. The van der Waals surface area contributed by atoms with Gasteiger partial charge in [-0.2, -0.15) is 4.31 Å². The first kappa shape index (κ1) is 17.8. The van der Waals surface area contributed by atoms with Crippen molar-refractivity contribution in [3.8, 4) is 0 Å². The van der Waals surface area contributed by atoms with E-state index in [-0.39, 0.29) is 34.1 Å². The van der Waals surface area contributed by atoms with Crippen LogP contribution in [0.5, 0.6) is 0 Å². The lowest BCUT2D eigenvalue weighted by molar-refractivity contribution is 0.142. The first-order valence-corrected chi connectivity index (χ1v) is 10.1. The number of likely N-dealkylation sites (tertiary alicyclic amines) is 1. The van der Waals surface area contributed by atoms with E-state index in [1.807, 2.05) is 4.90 Å². The van der Waals surface area contributed by atoms with Gasteiger partial charge in [0.05, 0.1) is 4.90 Å². The van der Waals surface area contributed by atoms with Gasteiger partial charge in [0.25, 0.3) is 0 Å². The summed E-state index contributed by atoms with van der Waals surface area (Å²) >= 11 is 11.8. The minimum atomic E-state index is -3.66. The van der Waals surface area contributed by atoms with Crippen LogP contribution in [0.4, 0.5) is 4.79 Å². The highest BCUT2D eigenvalue weighted by Crippen LogP contribution is 2.25. The number of hydrogen-bond acceptors (Lipinski definition) is 3. The molecule has 0 aromatic heterocycles. The molecule has 1 aromatic carbocycles. The third kappa shape index (κ3) is 3.64. The normalized spacial score (nSPS) is 19.8. The Kier molecular flexibility index (Phi) is 5.24. The molecule has 6 nitrogen and oxygen atoms in total. The average molecular weight is 392 g/mol. The Labute approximate surface area is 152 Å². The summed E-state index contributed by atoms with van der Waals surface area (Å²) in [6.45, 7) is 2.90. The van der Waals surface area contributed by atoms with Gasteiger partial charge in [0.1, 0.15) is 0 Å². The van der Waals surface area contributed by atoms with Gasteiger partial charge in [-0.3, -0.25) is 0 Å². The summed E-state index contributed by atoms with van der Waals surface area (Å²) < 4.78 is 26.8. The van der Waals surface area contributed by atoms with E-state index < -0.39 is 10.0 Å². The van der Waals surface area contributed by atoms with Crippen molar-refractivity contribution in [3.63, 3.8) is 0 Å². The standard InChI is InChI=1S/C15H19Cl2N3O3S/c16-12-9-13(17)11-14(10-12)24(22,23)20-7-5-19(6-8-20)15(21)18-3-1-2-4-18/h9-11H,1-8H2. The van der Waals surface area contributed by atoms with Crippen LogP contribution >= 0.6 is 23.2 Å². The second-order valence-corrected chi connectivity index (χ2v) is 8.78. The van der Waals surface area contributed by atoms with Crippen LogP contribution in [0.1, 0.15) is 12.8 Å². The van der Waals surface area contributed by atoms with Crippen molar-refractivity contribution in [1.82, 2.24) is 14.1 Å². The molecule has 2 aliphatic rings. The molecule has 0 N–H and O–H groups in total. The lowest BCUT2D eigenvalue weighted by Gasteiger charge is -2.36. The molecule has 0 saturated carbocycles. The maximum atomic E-state index is 12.7. The van der Waals surface area contributed by atoms with E-state index in [0.29, 0.717) is 13.1 Å². The largest absolute Gasteiger partial charge is 0.325 e. The van der Waals surface area contributed by atoms with Crippen LogP contribution < -0.4 is 0 Å². The zero-order valence-electron chi connectivity index (χ0n) is 13.1. The first-order chi connectivity index (χ1) is 11.4. The number of hydrogen-bond donors (Lipinski definition) is 0. The summed E-state index contributed by atoms with van der Waals surface area (Å²) in [6, 6.07) is 4.29. The number of carbonyl (C=O) groups excluding carboxylic acids is 1.